The molecule has 7 heteroatoms. The monoisotopic (exact) mass is 422 g/mol. The van der Waals surface area contributed by atoms with E-state index < -0.39 is 0 Å². The molecule has 1 aromatic rings. The molecule has 152 valence electrons. The topological polar surface area (TPSA) is 59.4 Å². The van der Waals surface area contributed by atoms with Crippen LogP contribution in [0.2, 0.25) is 10.0 Å². The molecule has 0 unspecified atom stereocenters. The van der Waals surface area contributed by atoms with Crippen LogP contribution < -0.4 is 10.2 Å². The zero-order valence-electron chi connectivity index (χ0n) is 16.2. The van der Waals surface area contributed by atoms with Crippen molar-refractivity contribution in [2.75, 3.05) is 37.6 Å². The number of carbonyl (C=O) groups excluding carboxylic acids is 1. The first-order valence-corrected chi connectivity index (χ1v) is 10.9. The largest absolute Gasteiger partial charge is 0.368 e. The molecule has 5 nitrogen and oxygen atoms in total. The van der Waals surface area contributed by atoms with Crippen LogP contribution in [0, 0.1) is 17.2 Å². The lowest BCUT2D eigenvalue weighted by molar-refractivity contribution is -0.121. The number of hydrogen-bond donors (Lipinski definition) is 1. The average molecular weight is 423 g/mol. The summed E-state index contributed by atoms with van der Waals surface area (Å²) in [5, 5.41) is 12.8. The smallest absolute Gasteiger partial charge is 0.234 e. The van der Waals surface area contributed by atoms with E-state index in [0.717, 1.165) is 70.0 Å². The van der Waals surface area contributed by atoms with E-state index in [1.54, 1.807) is 0 Å². The van der Waals surface area contributed by atoms with Crippen LogP contribution in [0.1, 0.15) is 38.5 Å². The molecule has 1 aliphatic heterocycles. The molecule has 0 aromatic heterocycles. The van der Waals surface area contributed by atoms with Gasteiger partial charge in [-0.3, -0.25) is 9.69 Å². The normalized spacial score (nSPS) is 23.2. The van der Waals surface area contributed by atoms with Crippen molar-refractivity contribution >= 4 is 34.8 Å². The standard InChI is InChI=1S/C21H28Cl2N4O/c22-18-2-1-3-19(21(18)23)27-14-12-26(13-15-27)11-9-16-4-6-17(7-5-16)25-20(28)8-10-24/h1-3,16-17H,4-9,11-15H2,(H,25,28)/t16-,17-. The Morgan fingerprint density at radius 1 is 1.14 bits per heavy atom. The van der Waals surface area contributed by atoms with Crippen molar-refractivity contribution < 1.29 is 4.79 Å². The van der Waals surface area contributed by atoms with Crippen LogP contribution in [-0.2, 0) is 4.79 Å². The van der Waals surface area contributed by atoms with E-state index in [2.05, 4.69) is 15.1 Å². The molecule has 2 fully saturated rings. The zero-order chi connectivity index (χ0) is 19.9. The molecular formula is C21H28Cl2N4O. The Bertz CT molecular complexity index is 705. The predicted octanol–water partition coefficient (Wildman–Crippen LogP) is 4.09. The average Bonchev–Trinajstić information content (AvgIpc) is 2.70. The fourth-order valence-electron chi connectivity index (χ4n) is 4.26. The highest BCUT2D eigenvalue weighted by molar-refractivity contribution is 6.43. The number of amides is 1. The molecule has 1 aliphatic carbocycles. The zero-order valence-corrected chi connectivity index (χ0v) is 17.7. The third-order valence-electron chi connectivity index (χ3n) is 5.95. The molecule has 1 N–H and O–H groups in total. The molecule has 0 bridgehead atoms. The highest BCUT2D eigenvalue weighted by Gasteiger charge is 2.24. The van der Waals surface area contributed by atoms with Gasteiger partial charge in [0.2, 0.25) is 5.91 Å². The number of nitrogens with one attached hydrogen (secondary N) is 1. The van der Waals surface area contributed by atoms with E-state index in [1.807, 2.05) is 24.3 Å². The van der Waals surface area contributed by atoms with E-state index in [1.165, 1.54) is 6.42 Å². The Kier molecular flexibility index (Phi) is 7.84. The van der Waals surface area contributed by atoms with E-state index in [4.69, 9.17) is 28.5 Å². The molecule has 0 spiro atoms. The lowest BCUT2D eigenvalue weighted by Gasteiger charge is -2.37. The molecule has 3 rings (SSSR count). The van der Waals surface area contributed by atoms with Crippen molar-refractivity contribution in [3.63, 3.8) is 0 Å². The van der Waals surface area contributed by atoms with E-state index in [-0.39, 0.29) is 18.4 Å². The van der Waals surface area contributed by atoms with E-state index in [0.29, 0.717) is 10.0 Å². The highest BCUT2D eigenvalue weighted by Crippen LogP contribution is 2.33. The summed E-state index contributed by atoms with van der Waals surface area (Å²) in [6.07, 6.45) is 5.57. The van der Waals surface area contributed by atoms with Crippen molar-refractivity contribution in [1.82, 2.24) is 10.2 Å². The molecule has 1 saturated heterocycles. The van der Waals surface area contributed by atoms with Crippen LogP contribution in [0.5, 0.6) is 0 Å². The van der Waals surface area contributed by atoms with Crippen LogP contribution in [-0.4, -0.2) is 49.6 Å². The maximum atomic E-state index is 11.5. The summed E-state index contributed by atoms with van der Waals surface area (Å²) in [6.45, 7) is 5.16. The first-order valence-electron chi connectivity index (χ1n) is 10.1. The van der Waals surface area contributed by atoms with Gasteiger partial charge in [-0.25, -0.2) is 0 Å². The number of piperazine rings is 1. The van der Waals surface area contributed by atoms with Gasteiger partial charge >= 0.3 is 0 Å². The van der Waals surface area contributed by atoms with Gasteiger partial charge in [-0.15, -0.1) is 0 Å². The first kappa shape index (κ1) is 21.2. The molecule has 1 amide bonds. The number of hydrogen-bond acceptors (Lipinski definition) is 4. The van der Waals surface area contributed by atoms with Crippen molar-refractivity contribution in [3.05, 3.63) is 28.2 Å². The summed E-state index contributed by atoms with van der Waals surface area (Å²) in [5.74, 6) is 0.605. The molecular weight excluding hydrogens is 395 g/mol. The molecule has 28 heavy (non-hydrogen) atoms. The minimum absolute atomic E-state index is 0.0354. The number of benzene rings is 1. The summed E-state index contributed by atoms with van der Waals surface area (Å²) < 4.78 is 0. The molecule has 1 aromatic carbocycles. The summed E-state index contributed by atoms with van der Waals surface area (Å²) in [4.78, 5) is 16.4. The molecule has 0 radical (unpaired) electrons. The predicted molar refractivity (Wildman–Crippen MR) is 114 cm³/mol. The van der Waals surface area contributed by atoms with Crippen LogP contribution in [0.25, 0.3) is 0 Å². The Morgan fingerprint density at radius 2 is 1.86 bits per heavy atom. The maximum Gasteiger partial charge on any atom is 0.234 e. The summed E-state index contributed by atoms with van der Waals surface area (Å²) >= 11 is 12.5. The second-order valence-corrected chi connectivity index (χ2v) is 8.60. The second-order valence-electron chi connectivity index (χ2n) is 7.81. The Balaban J connectivity index is 1.36. The van der Waals surface area contributed by atoms with Gasteiger partial charge in [0.25, 0.3) is 0 Å². The highest BCUT2D eigenvalue weighted by atomic mass is 35.5. The minimum atomic E-state index is -0.136. The van der Waals surface area contributed by atoms with E-state index >= 15 is 0 Å². The molecule has 0 atom stereocenters. The SMILES string of the molecule is N#CCC(=O)N[C@H]1CC[C@H](CCN2CCN(c3cccc(Cl)c3Cl)CC2)CC1. The lowest BCUT2D eigenvalue weighted by atomic mass is 9.84. The Labute approximate surface area is 177 Å². The quantitative estimate of drug-likeness (QED) is 0.749. The third kappa shape index (κ3) is 5.76. The first-order chi connectivity index (χ1) is 13.6. The number of halogens is 2. The van der Waals surface area contributed by atoms with Gasteiger partial charge < -0.3 is 10.2 Å². The maximum absolute atomic E-state index is 11.5. The number of nitriles is 1. The molecule has 1 heterocycles. The van der Waals surface area contributed by atoms with Crippen molar-refractivity contribution in [2.24, 2.45) is 5.92 Å². The van der Waals surface area contributed by atoms with Crippen LogP contribution in [0.3, 0.4) is 0 Å². The third-order valence-corrected chi connectivity index (χ3v) is 6.76. The number of carbonyl (C=O) groups is 1. The van der Waals surface area contributed by atoms with Crippen molar-refractivity contribution in [3.8, 4) is 6.07 Å². The van der Waals surface area contributed by atoms with Gasteiger partial charge in [0.15, 0.2) is 0 Å². The van der Waals surface area contributed by atoms with Gasteiger partial charge in [0.1, 0.15) is 6.42 Å². The summed E-state index contributed by atoms with van der Waals surface area (Å²) in [7, 11) is 0. The van der Waals surface area contributed by atoms with Gasteiger partial charge in [-0.1, -0.05) is 29.3 Å². The second kappa shape index (κ2) is 10.3. The Hall–Kier alpha value is -1.48. The van der Waals surface area contributed by atoms with Gasteiger partial charge in [0, 0.05) is 32.2 Å². The van der Waals surface area contributed by atoms with Crippen LogP contribution >= 0.6 is 23.2 Å². The number of nitrogens with zero attached hydrogens (tertiary/aromatic N) is 3. The van der Waals surface area contributed by atoms with E-state index in [9.17, 15) is 4.79 Å². The number of rotatable bonds is 6. The van der Waals surface area contributed by atoms with Crippen LogP contribution in [0.15, 0.2) is 18.2 Å². The van der Waals surface area contributed by atoms with Crippen LogP contribution in [0.4, 0.5) is 5.69 Å². The van der Waals surface area contributed by atoms with Crippen molar-refractivity contribution in [2.45, 2.75) is 44.6 Å². The van der Waals surface area contributed by atoms with Gasteiger partial charge in [-0.05, 0) is 56.7 Å². The Morgan fingerprint density at radius 3 is 2.54 bits per heavy atom. The molecule has 2 aliphatic rings. The number of anilines is 1. The minimum Gasteiger partial charge on any atom is -0.368 e. The van der Waals surface area contributed by atoms with Gasteiger partial charge in [0.05, 0.1) is 21.8 Å². The summed E-state index contributed by atoms with van der Waals surface area (Å²) in [5.41, 5.74) is 1.03. The summed E-state index contributed by atoms with van der Waals surface area (Å²) in [6, 6.07) is 7.98. The van der Waals surface area contributed by atoms with Crippen molar-refractivity contribution in [1.29, 1.82) is 5.26 Å². The molecule has 1 saturated carbocycles. The lowest BCUT2D eigenvalue weighted by Crippen LogP contribution is -2.47. The van der Waals surface area contributed by atoms with Gasteiger partial charge in [-0.2, -0.15) is 5.26 Å². The fourth-order valence-corrected chi connectivity index (χ4v) is 4.68. The fraction of sp³-hybridized carbons (Fsp3) is 0.619.